The molecule has 2 bridgehead atoms. The number of nitrogens with zero attached hydrogens (tertiary/aromatic N) is 2. The Morgan fingerprint density at radius 1 is 0.938 bits per heavy atom. The van der Waals surface area contributed by atoms with Crippen LogP contribution in [0.5, 0.6) is 5.75 Å². The minimum atomic E-state index is -0.285. The number of rotatable bonds is 5. The fourth-order valence-corrected chi connectivity index (χ4v) is 6.14. The van der Waals surface area contributed by atoms with E-state index in [-0.39, 0.29) is 48.1 Å². The molecule has 2 saturated carbocycles. The molecule has 3 amide bonds. The van der Waals surface area contributed by atoms with Crippen LogP contribution in [0.25, 0.3) is 0 Å². The molecule has 5 aliphatic rings. The number of para-hydroxylation sites is 2. The average molecular weight is 428 g/mol. The van der Waals surface area contributed by atoms with Crippen molar-refractivity contribution in [2.75, 3.05) is 18.7 Å². The van der Waals surface area contributed by atoms with Crippen LogP contribution in [0.2, 0.25) is 0 Å². The number of carbonyl (C=O) groups is 3. The van der Waals surface area contributed by atoms with E-state index >= 15 is 0 Å². The molecule has 32 heavy (non-hydrogen) atoms. The molecule has 7 rings (SSSR count). The van der Waals surface area contributed by atoms with Crippen molar-refractivity contribution >= 4 is 23.4 Å². The van der Waals surface area contributed by atoms with Gasteiger partial charge in [0.05, 0.1) is 24.6 Å². The van der Waals surface area contributed by atoms with E-state index in [0.717, 1.165) is 6.42 Å². The van der Waals surface area contributed by atoms with Gasteiger partial charge >= 0.3 is 0 Å². The van der Waals surface area contributed by atoms with Crippen LogP contribution in [0, 0.1) is 35.5 Å². The Balaban J connectivity index is 1.36. The van der Waals surface area contributed by atoms with Gasteiger partial charge in [0.1, 0.15) is 12.4 Å². The number of allylic oxidation sites excluding steroid dienone is 2. The zero-order valence-electron chi connectivity index (χ0n) is 17.8. The smallest absolute Gasteiger partial charge is 0.259 e. The quantitative estimate of drug-likeness (QED) is 0.541. The Kier molecular flexibility index (Phi) is 4.25. The van der Waals surface area contributed by atoms with Gasteiger partial charge in [0.25, 0.3) is 5.91 Å². The molecule has 0 radical (unpaired) electrons. The number of hydrogen-bond acceptors (Lipinski definition) is 4. The van der Waals surface area contributed by atoms with E-state index in [4.69, 9.17) is 4.74 Å². The molecule has 3 fully saturated rings. The topological polar surface area (TPSA) is 66.9 Å². The molecule has 6 heteroatoms. The maximum Gasteiger partial charge on any atom is 0.259 e. The van der Waals surface area contributed by atoms with Crippen molar-refractivity contribution in [3.63, 3.8) is 0 Å². The van der Waals surface area contributed by atoms with E-state index in [0.29, 0.717) is 28.8 Å². The van der Waals surface area contributed by atoms with E-state index in [2.05, 4.69) is 12.2 Å². The molecule has 1 heterocycles. The van der Waals surface area contributed by atoms with Crippen molar-refractivity contribution in [1.29, 1.82) is 0 Å². The molecule has 6 atom stereocenters. The molecule has 1 saturated heterocycles. The summed E-state index contributed by atoms with van der Waals surface area (Å²) in [6.07, 6.45) is 5.43. The van der Waals surface area contributed by atoms with Gasteiger partial charge in [0.2, 0.25) is 11.8 Å². The molecule has 0 unspecified atom stereocenters. The van der Waals surface area contributed by atoms with Gasteiger partial charge in [0, 0.05) is 5.56 Å². The van der Waals surface area contributed by atoms with Gasteiger partial charge in [-0.1, -0.05) is 42.5 Å². The maximum absolute atomic E-state index is 13.5. The fraction of sp³-hybridized carbons (Fsp3) is 0.346. The summed E-state index contributed by atoms with van der Waals surface area (Å²) in [5.41, 5.74) is 1.01. The summed E-state index contributed by atoms with van der Waals surface area (Å²) in [5, 5.41) is 0. The highest BCUT2D eigenvalue weighted by Crippen LogP contribution is 2.65. The van der Waals surface area contributed by atoms with E-state index in [1.807, 2.05) is 18.2 Å². The number of ether oxygens (including phenoxy) is 1. The Morgan fingerprint density at radius 2 is 1.53 bits per heavy atom. The van der Waals surface area contributed by atoms with Crippen LogP contribution >= 0.6 is 0 Å². The van der Waals surface area contributed by atoms with E-state index in [1.165, 1.54) is 9.80 Å². The largest absolute Gasteiger partial charge is 0.495 e. The second-order valence-electron chi connectivity index (χ2n) is 9.17. The van der Waals surface area contributed by atoms with E-state index in [9.17, 15) is 14.4 Å². The van der Waals surface area contributed by atoms with Gasteiger partial charge < -0.3 is 4.74 Å². The predicted octanol–water partition coefficient (Wildman–Crippen LogP) is 3.35. The molecular weight excluding hydrogens is 404 g/mol. The molecule has 2 aromatic carbocycles. The van der Waals surface area contributed by atoms with E-state index < -0.39 is 0 Å². The van der Waals surface area contributed by atoms with E-state index in [1.54, 1.807) is 43.5 Å². The lowest BCUT2D eigenvalue weighted by atomic mass is 9.63. The molecule has 6 nitrogen and oxygen atoms in total. The van der Waals surface area contributed by atoms with Crippen molar-refractivity contribution in [2.24, 2.45) is 35.5 Å². The van der Waals surface area contributed by atoms with Crippen LogP contribution in [0.3, 0.4) is 0 Å². The third-order valence-corrected chi connectivity index (χ3v) is 7.68. The lowest BCUT2D eigenvalue weighted by Crippen LogP contribution is -2.45. The lowest BCUT2D eigenvalue weighted by Gasteiger charge is -2.37. The van der Waals surface area contributed by atoms with Crippen molar-refractivity contribution < 1.29 is 19.1 Å². The zero-order chi connectivity index (χ0) is 22.0. The van der Waals surface area contributed by atoms with Crippen LogP contribution < -0.4 is 9.64 Å². The molecule has 0 aromatic heterocycles. The number of likely N-dealkylation sites (tertiary alicyclic amines) is 1. The molecule has 1 aliphatic heterocycles. The third kappa shape index (κ3) is 2.68. The number of benzene rings is 2. The summed E-state index contributed by atoms with van der Waals surface area (Å²) in [6, 6.07) is 16.1. The van der Waals surface area contributed by atoms with Gasteiger partial charge in [0.15, 0.2) is 0 Å². The van der Waals surface area contributed by atoms with Crippen molar-refractivity contribution in [3.8, 4) is 5.75 Å². The highest BCUT2D eigenvalue weighted by molar-refractivity contribution is 6.10. The summed E-state index contributed by atoms with van der Waals surface area (Å²) in [7, 11) is 1.54. The highest BCUT2D eigenvalue weighted by Gasteiger charge is 2.67. The van der Waals surface area contributed by atoms with Crippen LogP contribution in [0.15, 0.2) is 66.7 Å². The van der Waals surface area contributed by atoms with Crippen LogP contribution in [0.1, 0.15) is 16.8 Å². The standard InChI is InChI=1S/C26H24N2O4/c1-32-21-10-6-5-9-20(21)27(24(29)15-7-3-2-4-8-15)14-28-25(30)22-16-11-12-17(19-13-18(16)19)23(22)26(28)31/h2-12,16-19,22-23H,13-14H2,1H3/t16-,17-,18-,19+,22+,23-/m1/s1. The summed E-state index contributed by atoms with van der Waals surface area (Å²) in [4.78, 5) is 43.3. The SMILES string of the molecule is COc1ccccc1N(CN1C(=O)[C@@H]2[C@@H]3C=C[C@H]([C@H]4C[C@@H]34)[C@@H]2C1=O)C(=O)c1ccccc1. The molecule has 0 N–H and O–H groups in total. The van der Waals surface area contributed by atoms with Crippen molar-refractivity contribution in [3.05, 3.63) is 72.3 Å². The van der Waals surface area contributed by atoms with Crippen molar-refractivity contribution in [1.82, 2.24) is 4.90 Å². The van der Waals surface area contributed by atoms with Crippen LogP contribution in [0.4, 0.5) is 5.69 Å². The second kappa shape index (κ2) is 7.05. The summed E-state index contributed by atoms with van der Waals surface area (Å²) in [6.45, 7) is -0.118. The summed E-state index contributed by atoms with van der Waals surface area (Å²) >= 11 is 0. The Morgan fingerprint density at radius 3 is 2.16 bits per heavy atom. The first-order chi connectivity index (χ1) is 15.6. The average Bonchev–Trinajstić information content (AvgIpc) is 3.62. The normalized spacial score (nSPS) is 31.3. The first-order valence-electron chi connectivity index (χ1n) is 11.1. The van der Waals surface area contributed by atoms with Gasteiger partial charge in [-0.3, -0.25) is 24.2 Å². The lowest BCUT2D eigenvalue weighted by molar-refractivity contribution is -0.140. The van der Waals surface area contributed by atoms with Gasteiger partial charge in [-0.15, -0.1) is 0 Å². The number of amides is 3. The Labute approximate surface area is 186 Å². The zero-order valence-corrected chi connectivity index (χ0v) is 17.8. The molecule has 4 aliphatic carbocycles. The minimum absolute atomic E-state index is 0.118. The van der Waals surface area contributed by atoms with Gasteiger partial charge in [-0.2, -0.15) is 0 Å². The number of carbonyl (C=O) groups excluding carboxylic acids is 3. The Bertz CT molecular complexity index is 1110. The Hall–Kier alpha value is -3.41. The monoisotopic (exact) mass is 428 g/mol. The molecule has 2 aromatic rings. The number of methoxy groups -OCH3 is 1. The number of hydrogen-bond donors (Lipinski definition) is 0. The van der Waals surface area contributed by atoms with Gasteiger partial charge in [-0.05, 0) is 54.4 Å². The molecule has 162 valence electrons. The van der Waals surface area contributed by atoms with Crippen molar-refractivity contribution in [2.45, 2.75) is 6.42 Å². The highest BCUT2D eigenvalue weighted by atomic mass is 16.5. The fourth-order valence-electron chi connectivity index (χ4n) is 6.14. The van der Waals surface area contributed by atoms with Crippen LogP contribution in [-0.4, -0.2) is 36.4 Å². The second-order valence-corrected chi connectivity index (χ2v) is 9.17. The molecular formula is C26H24N2O4. The van der Waals surface area contributed by atoms with Crippen LogP contribution in [-0.2, 0) is 9.59 Å². The maximum atomic E-state index is 13.5. The summed E-state index contributed by atoms with van der Waals surface area (Å²) in [5.74, 6) is 0.752. The molecule has 0 spiro atoms. The van der Waals surface area contributed by atoms with Gasteiger partial charge in [-0.25, -0.2) is 0 Å². The number of anilines is 1. The minimum Gasteiger partial charge on any atom is -0.495 e. The first kappa shape index (κ1) is 19.3. The third-order valence-electron chi connectivity index (χ3n) is 7.68. The number of imide groups is 1. The predicted molar refractivity (Wildman–Crippen MR) is 118 cm³/mol. The first-order valence-corrected chi connectivity index (χ1v) is 11.1. The summed E-state index contributed by atoms with van der Waals surface area (Å²) < 4.78 is 5.50.